The molecule has 3 heterocycles. The van der Waals surface area contributed by atoms with Crippen molar-refractivity contribution in [1.29, 1.82) is 0 Å². The van der Waals surface area contributed by atoms with Crippen LogP contribution in [-0.2, 0) is 14.6 Å². The third-order valence-corrected chi connectivity index (χ3v) is 7.73. The predicted octanol–water partition coefficient (Wildman–Crippen LogP) is 1.03. The molecule has 1 aromatic carbocycles. The van der Waals surface area contributed by atoms with Gasteiger partial charge in [0, 0.05) is 50.3 Å². The number of rotatable bonds is 5. The number of amides is 1. The summed E-state index contributed by atoms with van der Waals surface area (Å²) < 4.78 is 26.9. The summed E-state index contributed by atoms with van der Waals surface area (Å²) in [5.74, 6) is -0.0617. The smallest absolute Gasteiger partial charge is 0.251 e. The van der Waals surface area contributed by atoms with Crippen LogP contribution in [0.5, 0.6) is 0 Å². The van der Waals surface area contributed by atoms with E-state index in [1.165, 1.54) is 6.07 Å². The number of likely N-dealkylation sites (N-methyl/N-ethyl adjacent to an activating group) is 1. The zero-order valence-corrected chi connectivity index (χ0v) is 17.1. The van der Waals surface area contributed by atoms with Gasteiger partial charge in [-0.15, -0.1) is 0 Å². The lowest BCUT2D eigenvalue weighted by Gasteiger charge is -2.46. The van der Waals surface area contributed by atoms with Gasteiger partial charge in [-0.1, -0.05) is 24.3 Å². The van der Waals surface area contributed by atoms with Crippen LogP contribution in [0.25, 0.3) is 0 Å². The molecule has 1 N–H and O–H groups in total. The van der Waals surface area contributed by atoms with Gasteiger partial charge in [0.25, 0.3) is 5.56 Å². The first-order chi connectivity index (χ1) is 13.9. The van der Waals surface area contributed by atoms with Crippen LogP contribution in [0.4, 0.5) is 0 Å². The summed E-state index contributed by atoms with van der Waals surface area (Å²) in [4.78, 5) is 27.6. The maximum atomic E-state index is 12.6. The van der Waals surface area contributed by atoms with Gasteiger partial charge in [-0.25, -0.2) is 8.42 Å². The van der Waals surface area contributed by atoms with Crippen molar-refractivity contribution in [3.8, 4) is 0 Å². The zero-order chi connectivity index (χ0) is 20.6. The van der Waals surface area contributed by atoms with E-state index in [1.54, 1.807) is 48.0 Å². The summed E-state index contributed by atoms with van der Waals surface area (Å²) in [5, 5.41) is 2.69. The summed E-state index contributed by atoms with van der Waals surface area (Å²) in [6.45, 7) is 1.69. The maximum absolute atomic E-state index is 12.6. The van der Waals surface area contributed by atoms with E-state index in [1.807, 2.05) is 6.07 Å². The van der Waals surface area contributed by atoms with Gasteiger partial charge in [0.1, 0.15) is 6.04 Å². The van der Waals surface area contributed by atoms with Crippen molar-refractivity contribution in [1.82, 2.24) is 14.8 Å². The van der Waals surface area contributed by atoms with Crippen molar-refractivity contribution in [2.45, 2.75) is 23.3 Å². The standard InChI is InChI=1S/C21H25N3O4S/c1-22-21(26)20-16-12-15(18-8-5-9-19(25)24(18)20)13-23(14-16)10-11-29(27,28)17-6-3-2-4-7-17/h2-9,15-16,20H,10-14H2,1H3,(H,22,26)/t15-,16+,20+/m0/s1. The van der Waals surface area contributed by atoms with E-state index >= 15 is 0 Å². The average molecular weight is 416 g/mol. The number of fused-ring (bicyclic) bond motifs is 4. The van der Waals surface area contributed by atoms with Crippen LogP contribution >= 0.6 is 0 Å². The first-order valence-corrected chi connectivity index (χ1v) is 11.5. The van der Waals surface area contributed by atoms with Crippen molar-refractivity contribution in [3.05, 3.63) is 64.6 Å². The molecule has 29 heavy (non-hydrogen) atoms. The highest BCUT2D eigenvalue weighted by Gasteiger charge is 2.43. The Bertz CT molecular complexity index is 1060. The van der Waals surface area contributed by atoms with Crippen LogP contribution in [0, 0.1) is 5.92 Å². The Morgan fingerprint density at radius 2 is 1.86 bits per heavy atom. The van der Waals surface area contributed by atoms with Gasteiger partial charge in [0.05, 0.1) is 10.6 Å². The van der Waals surface area contributed by atoms with E-state index < -0.39 is 15.9 Å². The number of pyridine rings is 1. The first-order valence-electron chi connectivity index (χ1n) is 9.84. The molecule has 7 nitrogen and oxygen atoms in total. The molecule has 2 aliphatic heterocycles. The topological polar surface area (TPSA) is 88.5 Å². The van der Waals surface area contributed by atoms with Crippen LogP contribution in [0.3, 0.4) is 0 Å². The number of nitrogens with zero attached hydrogens (tertiary/aromatic N) is 2. The highest BCUT2D eigenvalue weighted by molar-refractivity contribution is 7.91. The third-order valence-electron chi connectivity index (χ3n) is 6.02. The number of aromatic nitrogens is 1. The quantitative estimate of drug-likeness (QED) is 0.788. The van der Waals surface area contributed by atoms with Gasteiger partial charge >= 0.3 is 0 Å². The third kappa shape index (κ3) is 3.74. The lowest BCUT2D eigenvalue weighted by molar-refractivity contribution is -0.127. The Morgan fingerprint density at radius 3 is 2.59 bits per heavy atom. The second-order valence-corrected chi connectivity index (χ2v) is 9.91. The van der Waals surface area contributed by atoms with Crippen molar-refractivity contribution in [2.24, 2.45) is 5.92 Å². The molecule has 1 aromatic heterocycles. The summed E-state index contributed by atoms with van der Waals surface area (Å²) in [6, 6.07) is 13.0. The molecule has 1 saturated heterocycles. The molecule has 2 aromatic rings. The number of hydrogen-bond donors (Lipinski definition) is 1. The van der Waals surface area contributed by atoms with Crippen LogP contribution in [0.15, 0.2) is 58.2 Å². The molecule has 3 atom stereocenters. The van der Waals surface area contributed by atoms with Crippen molar-refractivity contribution < 1.29 is 13.2 Å². The van der Waals surface area contributed by atoms with Crippen molar-refractivity contribution in [2.75, 3.05) is 32.4 Å². The second kappa shape index (κ2) is 7.76. The number of sulfone groups is 1. The fraction of sp³-hybridized carbons (Fsp3) is 0.429. The molecule has 1 amide bonds. The first kappa shape index (κ1) is 19.8. The second-order valence-electron chi connectivity index (χ2n) is 7.80. The average Bonchev–Trinajstić information content (AvgIpc) is 2.73. The van der Waals surface area contributed by atoms with E-state index in [-0.39, 0.29) is 29.1 Å². The van der Waals surface area contributed by atoms with Crippen LogP contribution in [0.2, 0.25) is 0 Å². The summed E-state index contributed by atoms with van der Waals surface area (Å²) in [5.41, 5.74) is 0.698. The highest BCUT2D eigenvalue weighted by Crippen LogP contribution is 2.41. The fourth-order valence-electron chi connectivity index (χ4n) is 4.69. The van der Waals surface area contributed by atoms with E-state index in [4.69, 9.17) is 0 Å². The number of hydrogen-bond acceptors (Lipinski definition) is 5. The van der Waals surface area contributed by atoms with Crippen molar-refractivity contribution >= 4 is 15.7 Å². The monoisotopic (exact) mass is 415 g/mol. The van der Waals surface area contributed by atoms with Crippen LogP contribution in [0.1, 0.15) is 24.1 Å². The molecular formula is C21H25N3O4S. The summed E-state index contributed by atoms with van der Waals surface area (Å²) >= 11 is 0. The highest BCUT2D eigenvalue weighted by atomic mass is 32.2. The Hall–Kier alpha value is -2.45. The van der Waals surface area contributed by atoms with Crippen molar-refractivity contribution in [3.63, 3.8) is 0 Å². The van der Waals surface area contributed by atoms with Gasteiger partial charge < -0.3 is 10.2 Å². The Balaban J connectivity index is 1.57. The normalized spacial score (nSPS) is 24.0. The Labute approximate surface area is 170 Å². The minimum atomic E-state index is -3.36. The van der Waals surface area contributed by atoms with E-state index in [2.05, 4.69) is 10.2 Å². The number of benzene rings is 1. The SMILES string of the molecule is CNC(=O)[C@H]1[C@@H]2C[C@@H](CN(CCS(=O)(=O)c3ccccc3)C2)c2cccc(=O)n21. The minimum Gasteiger partial charge on any atom is -0.357 e. The molecule has 2 aliphatic rings. The molecule has 0 radical (unpaired) electrons. The van der Waals surface area contributed by atoms with Gasteiger partial charge in [0.15, 0.2) is 9.84 Å². The zero-order valence-electron chi connectivity index (χ0n) is 16.3. The molecular weight excluding hydrogens is 390 g/mol. The number of nitrogens with one attached hydrogen (secondary N) is 1. The van der Waals surface area contributed by atoms with E-state index in [9.17, 15) is 18.0 Å². The van der Waals surface area contributed by atoms with Gasteiger partial charge in [-0.3, -0.25) is 14.2 Å². The fourth-order valence-corrected chi connectivity index (χ4v) is 6.00. The number of piperidine rings is 1. The lowest BCUT2D eigenvalue weighted by atomic mass is 9.78. The number of carbonyl (C=O) groups is 1. The lowest BCUT2D eigenvalue weighted by Crippen LogP contribution is -2.53. The summed E-state index contributed by atoms with van der Waals surface area (Å²) in [6.07, 6.45) is 0.823. The van der Waals surface area contributed by atoms with Gasteiger partial charge in [-0.05, 0) is 24.6 Å². The molecule has 0 unspecified atom stereocenters. The number of carbonyl (C=O) groups excluding carboxylic acids is 1. The largest absolute Gasteiger partial charge is 0.357 e. The van der Waals surface area contributed by atoms with E-state index in [0.29, 0.717) is 24.5 Å². The number of likely N-dealkylation sites (tertiary alicyclic amines) is 1. The molecule has 0 spiro atoms. The molecule has 8 heteroatoms. The Morgan fingerprint density at radius 1 is 1.10 bits per heavy atom. The van der Waals surface area contributed by atoms with Gasteiger partial charge in [0.2, 0.25) is 5.91 Å². The molecule has 1 fully saturated rings. The van der Waals surface area contributed by atoms with E-state index in [0.717, 1.165) is 12.1 Å². The molecule has 4 rings (SSSR count). The van der Waals surface area contributed by atoms with Gasteiger partial charge in [-0.2, -0.15) is 0 Å². The minimum absolute atomic E-state index is 0.0271. The van der Waals surface area contributed by atoms with Crippen LogP contribution in [-0.4, -0.2) is 56.2 Å². The Kier molecular flexibility index (Phi) is 5.31. The summed E-state index contributed by atoms with van der Waals surface area (Å²) in [7, 11) is -1.78. The maximum Gasteiger partial charge on any atom is 0.251 e. The molecule has 0 saturated carbocycles. The molecule has 2 bridgehead atoms. The molecule has 0 aliphatic carbocycles. The molecule has 154 valence electrons. The van der Waals surface area contributed by atoms with Crippen LogP contribution < -0.4 is 10.9 Å². The predicted molar refractivity (Wildman–Crippen MR) is 110 cm³/mol.